The lowest BCUT2D eigenvalue weighted by Gasteiger charge is -2.19. The molecule has 0 spiro atoms. The fourth-order valence-electron chi connectivity index (χ4n) is 1.82. The first-order valence-electron chi connectivity index (χ1n) is 4.47. The maximum absolute atomic E-state index is 11.4. The molecule has 0 saturated carbocycles. The molecule has 6 heteroatoms. The number of likely N-dealkylation sites (N-methyl/N-ethyl adjacent to an activating group) is 1. The van der Waals surface area contributed by atoms with Gasteiger partial charge in [0.1, 0.15) is 5.69 Å². The number of hydrogen-bond acceptors (Lipinski definition) is 4. The van der Waals surface area contributed by atoms with Gasteiger partial charge in [-0.3, -0.25) is 9.48 Å². The van der Waals surface area contributed by atoms with Gasteiger partial charge in [-0.25, -0.2) is 0 Å². The van der Waals surface area contributed by atoms with Gasteiger partial charge >= 0.3 is 0 Å². The maximum atomic E-state index is 11.4. The summed E-state index contributed by atoms with van der Waals surface area (Å²) in [5.74, 6) is 0.0631. The van der Waals surface area contributed by atoms with Crippen LogP contribution in [0.5, 0.6) is 0 Å². The summed E-state index contributed by atoms with van der Waals surface area (Å²) in [6.45, 7) is 0. The van der Waals surface area contributed by atoms with Gasteiger partial charge in [0.25, 0.3) is 0 Å². The van der Waals surface area contributed by atoms with Crippen LogP contribution in [0.25, 0.3) is 0 Å². The van der Waals surface area contributed by atoms with Crippen molar-refractivity contribution < 1.29 is 4.79 Å². The molecule has 76 valence electrons. The molecule has 1 aliphatic heterocycles. The summed E-state index contributed by atoms with van der Waals surface area (Å²) in [7, 11) is 3.54. The van der Waals surface area contributed by atoms with E-state index in [4.69, 9.17) is 5.73 Å². The molecular formula is C8H13N5O. The summed E-state index contributed by atoms with van der Waals surface area (Å²) in [5.41, 5.74) is 6.62. The van der Waals surface area contributed by atoms with Crippen LogP contribution in [0.1, 0.15) is 18.2 Å². The second-order valence-electron chi connectivity index (χ2n) is 3.63. The predicted octanol–water partition coefficient (Wildman–Crippen LogP) is -0.954. The van der Waals surface area contributed by atoms with Crippen LogP contribution in [0.15, 0.2) is 6.20 Å². The van der Waals surface area contributed by atoms with Crippen molar-refractivity contribution in [3.05, 3.63) is 11.9 Å². The summed E-state index contributed by atoms with van der Waals surface area (Å²) < 4.78 is 1.61. The number of carbonyl (C=O) groups is 1. The quantitative estimate of drug-likeness (QED) is 0.626. The van der Waals surface area contributed by atoms with Gasteiger partial charge in [0, 0.05) is 26.6 Å². The smallest absolute Gasteiger partial charge is 0.224 e. The summed E-state index contributed by atoms with van der Waals surface area (Å²) in [4.78, 5) is 13.0. The van der Waals surface area contributed by atoms with Crippen LogP contribution in [0.4, 0.5) is 0 Å². The van der Waals surface area contributed by atoms with E-state index in [0.717, 1.165) is 5.69 Å². The zero-order valence-electron chi connectivity index (χ0n) is 8.21. The summed E-state index contributed by atoms with van der Waals surface area (Å²) in [6, 6.07) is -0.305. The molecule has 1 fully saturated rings. The lowest BCUT2D eigenvalue weighted by Crippen LogP contribution is -2.30. The molecule has 1 aliphatic rings. The number of rotatable bonds is 1. The topological polar surface area (TPSA) is 77.0 Å². The highest BCUT2D eigenvalue weighted by atomic mass is 16.2. The highest BCUT2D eigenvalue weighted by Crippen LogP contribution is 2.28. The van der Waals surface area contributed by atoms with E-state index in [2.05, 4.69) is 10.3 Å². The van der Waals surface area contributed by atoms with Crippen LogP contribution in [-0.2, 0) is 11.8 Å². The van der Waals surface area contributed by atoms with Crippen molar-refractivity contribution in [3.8, 4) is 0 Å². The van der Waals surface area contributed by atoms with Crippen LogP contribution in [0.2, 0.25) is 0 Å². The third-order valence-electron chi connectivity index (χ3n) is 2.55. The normalized spacial score (nSPS) is 27.4. The minimum atomic E-state index is -0.177. The minimum absolute atomic E-state index is 0.0631. The van der Waals surface area contributed by atoms with Gasteiger partial charge in [0.15, 0.2) is 0 Å². The third-order valence-corrected chi connectivity index (χ3v) is 2.55. The van der Waals surface area contributed by atoms with Crippen molar-refractivity contribution in [2.45, 2.75) is 18.5 Å². The van der Waals surface area contributed by atoms with E-state index in [1.165, 1.54) is 0 Å². The Labute approximate surface area is 81.7 Å². The molecule has 1 aromatic rings. The monoisotopic (exact) mass is 195 g/mol. The Hall–Kier alpha value is -1.43. The minimum Gasteiger partial charge on any atom is -0.335 e. The number of nitrogens with zero attached hydrogens (tertiary/aromatic N) is 4. The van der Waals surface area contributed by atoms with Gasteiger partial charge in [0.2, 0.25) is 5.91 Å². The molecule has 2 rings (SSSR count). The predicted molar refractivity (Wildman–Crippen MR) is 49.1 cm³/mol. The van der Waals surface area contributed by atoms with Crippen molar-refractivity contribution in [1.82, 2.24) is 19.9 Å². The molecule has 2 heterocycles. The van der Waals surface area contributed by atoms with Gasteiger partial charge < -0.3 is 10.6 Å². The highest BCUT2D eigenvalue weighted by molar-refractivity contribution is 5.79. The second-order valence-corrected chi connectivity index (χ2v) is 3.63. The third kappa shape index (κ3) is 1.27. The fraction of sp³-hybridized carbons (Fsp3) is 0.625. The molecule has 6 nitrogen and oxygen atoms in total. The molecule has 1 aromatic heterocycles. The molecule has 2 N–H and O–H groups in total. The summed E-state index contributed by atoms with van der Waals surface area (Å²) in [6.07, 6.45) is 2.18. The Morgan fingerprint density at radius 2 is 2.29 bits per heavy atom. The number of likely N-dealkylation sites (tertiary alicyclic amines) is 1. The second kappa shape index (κ2) is 3.06. The van der Waals surface area contributed by atoms with E-state index in [0.29, 0.717) is 6.42 Å². The van der Waals surface area contributed by atoms with Crippen molar-refractivity contribution in [1.29, 1.82) is 0 Å². The molecule has 2 atom stereocenters. The number of nitrogens with two attached hydrogens (primary N) is 1. The Morgan fingerprint density at radius 3 is 2.71 bits per heavy atom. The molecule has 0 bridgehead atoms. The zero-order valence-corrected chi connectivity index (χ0v) is 8.21. The van der Waals surface area contributed by atoms with Crippen LogP contribution >= 0.6 is 0 Å². The number of amides is 1. The van der Waals surface area contributed by atoms with Crippen molar-refractivity contribution in [2.75, 3.05) is 7.05 Å². The molecule has 1 amide bonds. The number of carbonyl (C=O) groups excluding carboxylic acids is 1. The lowest BCUT2D eigenvalue weighted by molar-refractivity contribution is -0.127. The Kier molecular flexibility index (Phi) is 1.99. The SMILES string of the molecule is CN1C(=O)C[C@H](N)[C@H]1c1cn(C)nn1. The molecular weight excluding hydrogens is 182 g/mol. The van der Waals surface area contributed by atoms with Crippen molar-refractivity contribution in [2.24, 2.45) is 12.8 Å². The summed E-state index contributed by atoms with van der Waals surface area (Å²) >= 11 is 0. The van der Waals surface area contributed by atoms with Crippen LogP contribution < -0.4 is 5.73 Å². The number of aromatic nitrogens is 3. The largest absolute Gasteiger partial charge is 0.335 e. The average Bonchev–Trinajstić information content (AvgIpc) is 2.60. The van der Waals surface area contributed by atoms with Gasteiger partial charge in [-0.2, -0.15) is 0 Å². The molecule has 0 aromatic carbocycles. The Bertz CT molecular complexity index is 360. The van der Waals surface area contributed by atoms with Crippen LogP contribution in [0, 0.1) is 0 Å². The van der Waals surface area contributed by atoms with Gasteiger partial charge in [-0.15, -0.1) is 5.10 Å². The Balaban J connectivity index is 2.30. The number of aryl methyl sites for hydroxylation is 1. The van der Waals surface area contributed by atoms with Gasteiger partial charge in [0.05, 0.1) is 12.2 Å². The Morgan fingerprint density at radius 1 is 1.57 bits per heavy atom. The van der Waals surface area contributed by atoms with E-state index in [1.54, 1.807) is 29.9 Å². The molecule has 14 heavy (non-hydrogen) atoms. The standard InChI is InChI=1S/C8H13N5O/c1-12-4-6(10-11-12)8-5(9)3-7(14)13(8)2/h4-5,8H,3,9H2,1-2H3/t5-,8-/m0/s1. The maximum Gasteiger partial charge on any atom is 0.224 e. The van der Waals surface area contributed by atoms with E-state index in [1.807, 2.05) is 0 Å². The van der Waals surface area contributed by atoms with Crippen molar-refractivity contribution in [3.63, 3.8) is 0 Å². The van der Waals surface area contributed by atoms with E-state index in [-0.39, 0.29) is 18.0 Å². The van der Waals surface area contributed by atoms with Gasteiger partial charge in [-0.1, -0.05) is 5.21 Å². The average molecular weight is 195 g/mol. The highest BCUT2D eigenvalue weighted by Gasteiger charge is 2.37. The van der Waals surface area contributed by atoms with Crippen LogP contribution in [-0.4, -0.2) is 38.9 Å². The first-order chi connectivity index (χ1) is 6.59. The van der Waals surface area contributed by atoms with E-state index < -0.39 is 0 Å². The van der Waals surface area contributed by atoms with E-state index >= 15 is 0 Å². The molecule has 0 radical (unpaired) electrons. The molecule has 1 saturated heterocycles. The summed E-state index contributed by atoms with van der Waals surface area (Å²) in [5, 5.41) is 7.80. The first-order valence-corrected chi connectivity index (χ1v) is 4.47. The molecule has 0 aliphatic carbocycles. The zero-order chi connectivity index (χ0) is 10.3. The van der Waals surface area contributed by atoms with E-state index in [9.17, 15) is 4.79 Å². The first kappa shape index (κ1) is 9.14. The van der Waals surface area contributed by atoms with Crippen LogP contribution in [0.3, 0.4) is 0 Å². The fourth-order valence-corrected chi connectivity index (χ4v) is 1.82. The van der Waals surface area contributed by atoms with Gasteiger partial charge in [-0.05, 0) is 0 Å². The lowest BCUT2D eigenvalue weighted by atomic mass is 10.1. The van der Waals surface area contributed by atoms with Crippen molar-refractivity contribution >= 4 is 5.91 Å². The molecule has 0 unspecified atom stereocenters. The number of hydrogen-bond donors (Lipinski definition) is 1.